The van der Waals surface area contributed by atoms with Crippen LogP contribution in [0.1, 0.15) is 24.3 Å². The van der Waals surface area contributed by atoms with Crippen LogP contribution in [0.25, 0.3) is 0 Å². The molecule has 0 spiro atoms. The lowest BCUT2D eigenvalue weighted by molar-refractivity contribution is -0.0545. The fourth-order valence-corrected chi connectivity index (χ4v) is 2.24. The van der Waals surface area contributed by atoms with Gasteiger partial charge >= 0.3 is 12.0 Å². The molecule has 0 aliphatic carbocycles. The standard InChI is InChI=1S/C12H19N5O4/c1-8-5-16(6-9(2)21-8)12(20)13-3-4-17-7-10(11(18)19)14-15-17/h7-9H,3-6H2,1-2H3,(H,13,20)(H,18,19)/t8-,9+. The molecule has 2 heterocycles. The van der Waals surface area contributed by atoms with Crippen molar-refractivity contribution in [3.05, 3.63) is 11.9 Å². The molecule has 0 radical (unpaired) electrons. The monoisotopic (exact) mass is 297 g/mol. The van der Waals surface area contributed by atoms with Crippen molar-refractivity contribution < 1.29 is 19.4 Å². The summed E-state index contributed by atoms with van der Waals surface area (Å²) in [6.45, 7) is 5.69. The summed E-state index contributed by atoms with van der Waals surface area (Å²) >= 11 is 0. The molecule has 116 valence electrons. The second kappa shape index (κ2) is 6.53. The zero-order valence-corrected chi connectivity index (χ0v) is 12.0. The molecule has 9 heteroatoms. The number of carboxylic acid groups (broad SMARTS) is 1. The van der Waals surface area contributed by atoms with Crippen LogP contribution in [0, 0.1) is 0 Å². The van der Waals surface area contributed by atoms with E-state index in [0.717, 1.165) is 0 Å². The van der Waals surface area contributed by atoms with E-state index in [9.17, 15) is 9.59 Å². The molecular weight excluding hydrogens is 278 g/mol. The van der Waals surface area contributed by atoms with Crippen molar-refractivity contribution >= 4 is 12.0 Å². The Morgan fingerprint density at radius 1 is 1.43 bits per heavy atom. The molecule has 0 saturated carbocycles. The average molecular weight is 297 g/mol. The summed E-state index contributed by atoms with van der Waals surface area (Å²) in [5.74, 6) is -1.12. The van der Waals surface area contributed by atoms with E-state index >= 15 is 0 Å². The van der Waals surface area contributed by atoms with Crippen LogP contribution in [0.4, 0.5) is 4.79 Å². The van der Waals surface area contributed by atoms with Crippen molar-refractivity contribution in [2.24, 2.45) is 0 Å². The summed E-state index contributed by atoms with van der Waals surface area (Å²) in [5.41, 5.74) is -0.114. The number of hydrogen-bond donors (Lipinski definition) is 2. The maximum absolute atomic E-state index is 12.0. The van der Waals surface area contributed by atoms with E-state index in [1.807, 2.05) is 13.8 Å². The molecule has 1 aromatic rings. The highest BCUT2D eigenvalue weighted by molar-refractivity contribution is 5.84. The summed E-state index contributed by atoms with van der Waals surface area (Å²) < 4.78 is 6.95. The maximum atomic E-state index is 12.0. The fourth-order valence-electron chi connectivity index (χ4n) is 2.24. The van der Waals surface area contributed by atoms with Gasteiger partial charge in [0.15, 0.2) is 5.69 Å². The lowest BCUT2D eigenvalue weighted by atomic mass is 10.2. The molecule has 2 N–H and O–H groups in total. The Kier molecular flexibility index (Phi) is 4.73. The topological polar surface area (TPSA) is 110 Å². The van der Waals surface area contributed by atoms with Gasteiger partial charge in [-0.15, -0.1) is 5.10 Å². The van der Waals surface area contributed by atoms with Gasteiger partial charge in [0.05, 0.1) is 24.9 Å². The van der Waals surface area contributed by atoms with E-state index in [1.165, 1.54) is 10.9 Å². The molecule has 2 atom stereocenters. The highest BCUT2D eigenvalue weighted by atomic mass is 16.5. The molecule has 21 heavy (non-hydrogen) atoms. The van der Waals surface area contributed by atoms with Gasteiger partial charge in [0.25, 0.3) is 0 Å². The van der Waals surface area contributed by atoms with Crippen LogP contribution in [0.2, 0.25) is 0 Å². The van der Waals surface area contributed by atoms with Gasteiger partial charge in [0, 0.05) is 19.6 Å². The number of nitrogens with zero attached hydrogens (tertiary/aromatic N) is 4. The third-order valence-electron chi connectivity index (χ3n) is 3.08. The molecule has 0 bridgehead atoms. The van der Waals surface area contributed by atoms with E-state index < -0.39 is 5.97 Å². The number of rotatable bonds is 4. The van der Waals surface area contributed by atoms with Gasteiger partial charge in [-0.1, -0.05) is 5.21 Å². The predicted molar refractivity (Wildman–Crippen MR) is 72.0 cm³/mol. The Hall–Kier alpha value is -2.16. The molecule has 0 unspecified atom stereocenters. The van der Waals surface area contributed by atoms with Crippen molar-refractivity contribution in [2.45, 2.75) is 32.6 Å². The van der Waals surface area contributed by atoms with Crippen molar-refractivity contribution in [3.8, 4) is 0 Å². The van der Waals surface area contributed by atoms with Crippen LogP contribution in [-0.2, 0) is 11.3 Å². The highest BCUT2D eigenvalue weighted by Crippen LogP contribution is 2.10. The number of amides is 2. The summed E-state index contributed by atoms with van der Waals surface area (Å²) in [7, 11) is 0. The smallest absolute Gasteiger partial charge is 0.358 e. The summed E-state index contributed by atoms with van der Waals surface area (Å²) in [6, 6.07) is -0.157. The van der Waals surface area contributed by atoms with E-state index in [2.05, 4.69) is 15.6 Å². The van der Waals surface area contributed by atoms with E-state index in [0.29, 0.717) is 26.2 Å². The SMILES string of the molecule is C[C@@H]1CN(C(=O)NCCn2cc(C(=O)O)nn2)C[C@H](C)O1. The minimum Gasteiger partial charge on any atom is -0.476 e. The van der Waals surface area contributed by atoms with E-state index in [1.54, 1.807) is 4.90 Å². The first kappa shape index (κ1) is 15.2. The Morgan fingerprint density at radius 2 is 2.10 bits per heavy atom. The number of aromatic carboxylic acids is 1. The van der Waals surface area contributed by atoms with Crippen molar-refractivity contribution in [1.82, 2.24) is 25.2 Å². The number of urea groups is 1. The van der Waals surface area contributed by atoms with Crippen LogP contribution < -0.4 is 5.32 Å². The minimum absolute atomic E-state index is 0.0212. The number of carbonyl (C=O) groups excluding carboxylic acids is 1. The predicted octanol–water partition coefficient (Wildman–Crippen LogP) is -0.205. The van der Waals surface area contributed by atoms with E-state index in [-0.39, 0.29) is 23.9 Å². The highest BCUT2D eigenvalue weighted by Gasteiger charge is 2.25. The number of morpholine rings is 1. The molecule has 1 saturated heterocycles. The molecule has 2 rings (SSSR count). The Labute approximate surface area is 121 Å². The summed E-state index contributed by atoms with van der Waals surface area (Å²) in [6.07, 6.45) is 1.37. The molecule has 2 amide bonds. The fraction of sp³-hybridized carbons (Fsp3) is 0.667. The van der Waals surface area contributed by atoms with Gasteiger partial charge in [0.2, 0.25) is 0 Å². The molecule has 1 fully saturated rings. The first-order valence-corrected chi connectivity index (χ1v) is 6.77. The van der Waals surface area contributed by atoms with Crippen molar-refractivity contribution in [1.29, 1.82) is 0 Å². The average Bonchev–Trinajstić information content (AvgIpc) is 2.86. The Bertz CT molecular complexity index is 508. The molecule has 0 aromatic carbocycles. The van der Waals surface area contributed by atoms with Crippen molar-refractivity contribution in [3.63, 3.8) is 0 Å². The quantitative estimate of drug-likeness (QED) is 0.796. The van der Waals surface area contributed by atoms with Crippen LogP contribution in [0.3, 0.4) is 0 Å². The lowest BCUT2D eigenvalue weighted by Crippen LogP contribution is -2.52. The van der Waals surface area contributed by atoms with Crippen LogP contribution >= 0.6 is 0 Å². The van der Waals surface area contributed by atoms with Crippen LogP contribution in [0.5, 0.6) is 0 Å². The third-order valence-corrected chi connectivity index (χ3v) is 3.08. The minimum atomic E-state index is -1.12. The van der Waals surface area contributed by atoms with Gasteiger partial charge in [-0.3, -0.25) is 0 Å². The van der Waals surface area contributed by atoms with Gasteiger partial charge in [-0.2, -0.15) is 0 Å². The lowest BCUT2D eigenvalue weighted by Gasteiger charge is -2.35. The number of nitrogens with one attached hydrogen (secondary N) is 1. The maximum Gasteiger partial charge on any atom is 0.358 e. The number of carbonyl (C=O) groups is 2. The van der Waals surface area contributed by atoms with Crippen LogP contribution in [0.15, 0.2) is 6.20 Å². The number of aromatic nitrogens is 3. The summed E-state index contributed by atoms with van der Waals surface area (Å²) in [4.78, 5) is 24.4. The zero-order valence-electron chi connectivity index (χ0n) is 12.0. The largest absolute Gasteiger partial charge is 0.476 e. The number of carboxylic acids is 1. The Balaban J connectivity index is 1.77. The van der Waals surface area contributed by atoms with Gasteiger partial charge in [-0.05, 0) is 13.8 Å². The molecule has 1 aromatic heterocycles. The number of hydrogen-bond acceptors (Lipinski definition) is 5. The second-order valence-corrected chi connectivity index (χ2v) is 5.07. The Morgan fingerprint density at radius 3 is 2.67 bits per heavy atom. The van der Waals surface area contributed by atoms with Crippen molar-refractivity contribution in [2.75, 3.05) is 19.6 Å². The summed E-state index contributed by atoms with van der Waals surface area (Å²) in [5, 5.41) is 18.7. The molecular formula is C12H19N5O4. The molecule has 1 aliphatic heterocycles. The van der Waals surface area contributed by atoms with Gasteiger partial charge in [-0.25, -0.2) is 14.3 Å². The van der Waals surface area contributed by atoms with E-state index in [4.69, 9.17) is 9.84 Å². The van der Waals surface area contributed by atoms with Gasteiger partial charge < -0.3 is 20.1 Å². The third kappa shape index (κ3) is 4.15. The first-order valence-electron chi connectivity index (χ1n) is 6.77. The molecule has 9 nitrogen and oxygen atoms in total. The first-order chi connectivity index (χ1) is 9.95. The number of ether oxygens (including phenoxy) is 1. The molecule has 1 aliphatic rings. The zero-order chi connectivity index (χ0) is 15.4. The second-order valence-electron chi connectivity index (χ2n) is 5.07. The normalized spacial score (nSPS) is 22.1. The van der Waals surface area contributed by atoms with Gasteiger partial charge in [0.1, 0.15) is 0 Å². The van der Waals surface area contributed by atoms with Crippen LogP contribution in [-0.4, -0.2) is 68.8 Å².